The minimum Gasteiger partial charge on any atom is -0.491 e. The summed E-state index contributed by atoms with van der Waals surface area (Å²) in [5, 5.41) is 0. The van der Waals surface area contributed by atoms with Crippen LogP contribution in [0.15, 0.2) is 18.3 Å². The first-order chi connectivity index (χ1) is 15.4. The van der Waals surface area contributed by atoms with Crippen molar-refractivity contribution in [2.75, 3.05) is 34.4 Å². The van der Waals surface area contributed by atoms with E-state index in [1.54, 1.807) is 18.2 Å². The summed E-state index contributed by atoms with van der Waals surface area (Å²) in [5.41, 5.74) is -0.414. The molecule has 1 aromatic rings. The van der Waals surface area contributed by atoms with Gasteiger partial charge in [-0.25, -0.2) is 0 Å². The molecule has 1 aliphatic heterocycles. The van der Waals surface area contributed by atoms with Gasteiger partial charge in [-0.2, -0.15) is 0 Å². The van der Waals surface area contributed by atoms with Gasteiger partial charge in [-0.3, -0.25) is 9.78 Å². The van der Waals surface area contributed by atoms with Gasteiger partial charge in [0.2, 0.25) is 0 Å². The maximum atomic E-state index is 13.2. The molecule has 1 aliphatic rings. The van der Waals surface area contributed by atoms with E-state index in [1.807, 2.05) is 12.1 Å². The molecule has 0 aromatic carbocycles. The number of unbranched alkanes of at least 4 members (excludes halogenated alkanes) is 1. The maximum Gasteiger partial charge on any atom is 0.259 e. The largest absolute Gasteiger partial charge is 0.491 e. The van der Waals surface area contributed by atoms with Crippen molar-refractivity contribution in [2.24, 2.45) is 0 Å². The topological polar surface area (TPSA) is 79.4 Å². The third-order valence-corrected chi connectivity index (χ3v) is 9.01. The Kier molecular flexibility index (Phi) is 13.3. The lowest BCUT2D eigenvalue weighted by Gasteiger charge is -2.54. The first-order valence-corrected chi connectivity index (χ1v) is 18.6. The van der Waals surface area contributed by atoms with Gasteiger partial charge in [0.15, 0.2) is 5.60 Å². The molecule has 8 nitrogen and oxygen atoms in total. The SMILES string of the molecule is CCCC[C@@H](C)Oc1ccnc(C[C@]2(OCOC)C(=O)N(COC)[C@H]2COSP(I)I)c1. The third kappa shape index (κ3) is 8.03. The second-order valence-corrected chi connectivity index (χ2v) is 25.0. The number of halogens is 2. The van der Waals surface area contributed by atoms with E-state index >= 15 is 0 Å². The molecule has 1 aromatic heterocycles. The van der Waals surface area contributed by atoms with Gasteiger partial charge in [0.05, 0.1) is 18.8 Å². The molecule has 1 saturated heterocycles. The normalized spacial score (nSPS) is 21.7. The number of nitrogens with zero attached hydrogens (tertiary/aromatic N) is 2. The van der Waals surface area contributed by atoms with E-state index in [9.17, 15) is 4.79 Å². The first kappa shape index (κ1) is 28.7. The van der Waals surface area contributed by atoms with Gasteiger partial charge < -0.3 is 28.0 Å². The predicted molar refractivity (Wildman–Crippen MR) is 144 cm³/mol. The summed E-state index contributed by atoms with van der Waals surface area (Å²) < 4.78 is 27.9. The lowest BCUT2D eigenvalue weighted by molar-refractivity contribution is -0.236. The standard InChI is InChI=1S/C20H31I2N2O6PS/c1-5-6-7-15(2)30-17-8-9-23-16(10-17)11-20(28-14-27-4)18(12-29-32-31(21)22)24(13-26-3)19(20)25/h8-10,15,18H,5-7,11-14H2,1-4H3/t15-,18+,20-/m1/s1. The van der Waals surface area contributed by atoms with Crippen molar-refractivity contribution in [3.8, 4) is 5.75 Å². The van der Waals surface area contributed by atoms with E-state index in [1.165, 1.54) is 18.8 Å². The van der Waals surface area contributed by atoms with Crippen LogP contribution in [0.4, 0.5) is 0 Å². The molecule has 0 saturated carbocycles. The smallest absolute Gasteiger partial charge is 0.259 e. The van der Waals surface area contributed by atoms with E-state index in [2.05, 4.69) is 62.9 Å². The summed E-state index contributed by atoms with van der Waals surface area (Å²) in [6.45, 7) is 4.71. The first-order valence-electron chi connectivity index (χ1n) is 10.3. The van der Waals surface area contributed by atoms with Crippen molar-refractivity contribution in [1.82, 2.24) is 9.88 Å². The van der Waals surface area contributed by atoms with Crippen LogP contribution in [0.3, 0.4) is 0 Å². The van der Waals surface area contributed by atoms with E-state index in [0.717, 1.165) is 30.7 Å². The van der Waals surface area contributed by atoms with Crippen LogP contribution in [0.2, 0.25) is 0 Å². The molecule has 1 amide bonds. The van der Waals surface area contributed by atoms with Crippen LogP contribution >= 0.6 is 58.2 Å². The van der Waals surface area contributed by atoms with Crippen molar-refractivity contribution in [2.45, 2.75) is 57.3 Å². The molecule has 0 spiro atoms. The quantitative estimate of drug-likeness (QED) is 0.0730. The van der Waals surface area contributed by atoms with Crippen molar-refractivity contribution in [3.63, 3.8) is 0 Å². The number of ether oxygens (including phenoxy) is 4. The molecule has 2 heterocycles. The number of carbonyl (C=O) groups excluding carboxylic acids is 1. The third-order valence-electron chi connectivity index (χ3n) is 5.11. The van der Waals surface area contributed by atoms with E-state index in [4.69, 9.17) is 23.1 Å². The average molecular weight is 712 g/mol. The summed E-state index contributed by atoms with van der Waals surface area (Å²) in [5.74, 6) is 0.579. The van der Waals surface area contributed by atoms with Crippen LogP contribution in [0.1, 0.15) is 38.8 Å². The van der Waals surface area contributed by atoms with Crippen LogP contribution < -0.4 is 4.74 Å². The number of hydrogen-bond donors (Lipinski definition) is 0. The van der Waals surface area contributed by atoms with E-state index < -0.39 is 5.60 Å². The molecule has 0 radical (unpaired) electrons. The van der Waals surface area contributed by atoms with Crippen molar-refractivity contribution >= 4 is 64.1 Å². The zero-order valence-corrected chi connectivity index (χ0v) is 24.8. The summed E-state index contributed by atoms with van der Waals surface area (Å²) in [4.78, 5) is 19.3. The Bertz CT molecular complexity index is 722. The highest BCUT2D eigenvalue weighted by atomic mass is 127. The predicted octanol–water partition coefficient (Wildman–Crippen LogP) is 5.52. The number of methoxy groups -OCH3 is 2. The van der Waals surface area contributed by atoms with Crippen LogP contribution in [-0.4, -0.2) is 67.9 Å². The lowest BCUT2D eigenvalue weighted by atomic mass is 9.79. The second-order valence-electron chi connectivity index (χ2n) is 7.44. The van der Waals surface area contributed by atoms with Crippen molar-refractivity contribution in [3.05, 3.63) is 24.0 Å². The van der Waals surface area contributed by atoms with E-state index in [-0.39, 0.29) is 40.4 Å². The average Bonchev–Trinajstić information content (AvgIpc) is 2.77. The molecule has 0 N–H and O–H groups in total. The summed E-state index contributed by atoms with van der Waals surface area (Å²) in [6, 6.07) is 3.40. The Labute approximate surface area is 221 Å². The molecule has 2 rings (SSSR count). The monoisotopic (exact) mass is 712 g/mol. The fourth-order valence-corrected chi connectivity index (χ4v) is 6.34. The molecular weight excluding hydrogens is 681 g/mol. The molecule has 12 heteroatoms. The Morgan fingerprint density at radius 1 is 1.34 bits per heavy atom. The number of amides is 1. The zero-order chi connectivity index (χ0) is 23.6. The highest BCUT2D eigenvalue weighted by molar-refractivity contribution is 14.3. The number of aromatic nitrogens is 1. The minimum atomic E-state index is -1.13. The van der Waals surface area contributed by atoms with Gasteiger partial charge in [0.1, 0.15) is 21.7 Å². The van der Waals surface area contributed by atoms with Gasteiger partial charge in [-0.05, 0) is 63.5 Å². The van der Waals surface area contributed by atoms with Gasteiger partial charge in [-0.1, -0.05) is 19.8 Å². The maximum absolute atomic E-state index is 13.2. The highest BCUT2D eigenvalue weighted by Crippen LogP contribution is 2.65. The van der Waals surface area contributed by atoms with Gasteiger partial charge in [0.25, 0.3) is 5.91 Å². The number of hydrogen-bond acceptors (Lipinski definition) is 8. The summed E-state index contributed by atoms with van der Waals surface area (Å²) in [7, 11) is 3.10. The fourth-order valence-electron chi connectivity index (χ4n) is 3.60. The number of carbonyl (C=O) groups is 1. The second kappa shape index (κ2) is 14.8. The van der Waals surface area contributed by atoms with Gasteiger partial charge >= 0.3 is 0 Å². The molecule has 0 aliphatic carbocycles. The Hall–Kier alpha value is 0.500. The minimum absolute atomic E-state index is 0.00821. The van der Waals surface area contributed by atoms with Crippen LogP contribution in [-0.2, 0) is 29.6 Å². The molecular formula is C20H31I2N2O6PS. The van der Waals surface area contributed by atoms with Crippen molar-refractivity contribution in [1.29, 1.82) is 0 Å². The molecule has 1 fully saturated rings. The molecule has 0 unspecified atom stereocenters. The van der Waals surface area contributed by atoms with E-state index in [0.29, 0.717) is 6.61 Å². The molecule has 32 heavy (non-hydrogen) atoms. The number of likely N-dealkylation sites (tertiary alicyclic amines) is 1. The lowest BCUT2D eigenvalue weighted by Crippen LogP contribution is -2.77. The van der Waals surface area contributed by atoms with Crippen LogP contribution in [0, 0.1) is 0 Å². The molecule has 0 bridgehead atoms. The van der Waals surface area contributed by atoms with Gasteiger partial charge in [-0.15, -0.1) is 0 Å². The molecule has 3 atom stereocenters. The Balaban J connectivity index is 2.21. The Morgan fingerprint density at radius 3 is 2.78 bits per heavy atom. The molecule has 182 valence electrons. The fraction of sp³-hybridized carbons (Fsp3) is 0.700. The van der Waals surface area contributed by atoms with Gasteiger partial charge in [0, 0.05) is 50.3 Å². The number of rotatable bonds is 16. The summed E-state index contributed by atoms with van der Waals surface area (Å²) >= 11 is 6.06. The van der Waals surface area contributed by atoms with Crippen LogP contribution in [0.5, 0.6) is 5.75 Å². The highest BCUT2D eigenvalue weighted by Gasteiger charge is 2.62. The number of pyridine rings is 1. The summed E-state index contributed by atoms with van der Waals surface area (Å²) in [6.07, 6.45) is 5.35. The zero-order valence-electron chi connectivity index (χ0n) is 18.8. The van der Waals surface area contributed by atoms with Crippen LogP contribution in [0.25, 0.3) is 0 Å². The van der Waals surface area contributed by atoms with Crippen molar-refractivity contribution < 1.29 is 27.9 Å². The number of β-lactam (4-membered cyclic amide) rings is 1. The Morgan fingerprint density at radius 2 is 2.12 bits per heavy atom.